The molecule has 0 saturated heterocycles. The Morgan fingerprint density at radius 2 is 2.18 bits per heavy atom. The Labute approximate surface area is 69.4 Å². The minimum Gasteiger partial charge on any atom is -0.330 e. The van der Waals surface area contributed by atoms with Crippen molar-refractivity contribution in [1.29, 1.82) is 0 Å². The first-order valence-corrected chi connectivity index (χ1v) is 4.85. The van der Waals surface area contributed by atoms with Crippen LogP contribution in [0.3, 0.4) is 0 Å². The van der Waals surface area contributed by atoms with Crippen molar-refractivity contribution in [2.24, 2.45) is 28.9 Å². The summed E-state index contributed by atoms with van der Waals surface area (Å²) in [5, 5.41) is 0. The highest BCUT2D eigenvalue weighted by Gasteiger charge is 2.51. The molecule has 3 unspecified atom stereocenters. The summed E-state index contributed by atoms with van der Waals surface area (Å²) in [6, 6.07) is 0. The normalized spacial score (nSPS) is 46.6. The summed E-state index contributed by atoms with van der Waals surface area (Å²) >= 11 is 0. The highest BCUT2D eigenvalue weighted by atomic mass is 14.7. The molecular weight excluding hydrogens is 134 g/mol. The van der Waals surface area contributed by atoms with Gasteiger partial charge in [-0.3, -0.25) is 0 Å². The van der Waals surface area contributed by atoms with Crippen molar-refractivity contribution in [1.82, 2.24) is 0 Å². The molecule has 0 amide bonds. The van der Waals surface area contributed by atoms with E-state index in [1.54, 1.807) is 0 Å². The Bertz CT molecular complexity index is 160. The van der Waals surface area contributed by atoms with Crippen LogP contribution in [0.1, 0.15) is 33.1 Å². The molecule has 0 spiro atoms. The maximum atomic E-state index is 5.75. The van der Waals surface area contributed by atoms with Gasteiger partial charge >= 0.3 is 0 Å². The van der Waals surface area contributed by atoms with Crippen molar-refractivity contribution in [3.05, 3.63) is 0 Å². The van der Waals surface area contributed by atoms with Gasteiger partial charge in [-0.25, -0.2) is 0 Å². The van der Waals surface area contributed by atoms with Crippen LogP contribution in [0.15, 0.2) is 0 Å². The first-order chi connectivity index (χ1) is 5.15. The van der Waals surface area contributed by atoms with Crippen LogP contribution in [0.4, 0.5) is 0 Å². The van der Waals surface area contributed by atoms with Crippen molar-refractivity contribution in [3.8, 4) is 0 Å². The SMILES string of the molecule is CC1(C)CCC2CC1C2CN. The smallest absolute Gasteiger partial charge is 0.00434 e. The summed E-state index contributed by atoms with van der Waals surface area (Å²) in [5.41, 5.74) is 6.34. The number of rotatable bonds is 1. The Kier molecular flexibility index (Phi) is 1.54. The topological polar surface area (TPSA) is 26.0 Å². The molecule has 64 valence electrons. The van der Waals surface area contributed by atoms with Gasteiger partial charge in [0.05, 0.1) is 0 Å². The molecule has 3 aliphatic rings. The molecule has 11 heavy (non-hydrogen) atoms. The summed E-state index contributed by atoms with van der Waals surface area (Å²) in [5.74, 6) is 2.82. The number of hydrogen-bond acceptors (Lipinski definition) is 1. The van der Waals surface area contributed by atoms with Crippen LogP contribution in [0.25, 0.3) is 0 Å². The Balaban J connectivity index is 2.10. The van der Waals surface area contributed by atoms with E-state index in [9.17, 15) is 0 Å². The van der Waals surface area contributed by atoms with E-state index in [2.05, 4.69) is 13.8 Å². The third kappa shape index (κ3) is 0.936. The molecule has 0 aromatic rings. The molecule has 3 rings (SSSR count). The van der Waals surface area contributed by atoms with Gasteiger partial charge < -0.3 is 5.73 Å². The van der Waals surface area contributed by atoms with Crippen LogP contribution in [0.2, 0.25) is 0 Å². The maximum absolute atomic E-state index is 5.75. The third-order valence-electron chi connectivity index (χ3n) is 4.11. The van der Waals surface area contributed by atoms with Crippen LogP contribution in [0.5, 0.6) is 0 Å². The predicted molar refractivity (Wildman–Crippen MR) is 47.2 cm³/mol. The number of hydrogen-bond donors (Lipinski definition) is 1. The molecule has 1 heteroatoms. The second-order valence-electron chi connectivity index (χ2n) is 5.03. The fourth-order valence-corrected chi connectivity index (χ4v) is 3.14. The van der Waals surface area contributed by atoms with Crippen LogP contribution >= 0.6 is 0 Å². The zero-order chi connectivity index (χ0) is 8.06. The lowest BCUT2D eigenvalue weighted by atomic mass is 9.48. The van der Waals surface area contributed by atoms with Gasteiger partial charge in [-0.2, -0.15) is 0 Å². The van der Waals surface area contributed by atoms with Gasteiger partial charge in [0.1, 0.15) is 0 Å². The Morgan fingerprint density at radius 3 is 2.55 bits per heavy atom. The molecule has 3 saturated carbocycles. The summed E-state index contributed by atoms with van der Waals surface area (Å²) in [4.78, 5) is 0. The summed E-state index contributed by atoms with van der Waals surface area (Å²) < 4.78 is 0. The lowest BCUT2D eigenvalue weighted by Crippen LogP contribution is -2.52. The summed E-state index contributed by atoms with van der Waals surface area (Å²) in [6.07, 6.45) is 4.33. The second kappa shape index (κ2) is 2.22. The van der Waals surface area contributed by atoms with Crippen LogP contribution < -0.4 is 5.73 Å². The molecule has 0 aliphatic heterocycles. The molecule has 2 bridgehead atoms. The summed E-state index contributed by atoms with van der Waals surface area (Å²) in [6.45, 7) is 5.75. The standard InChI is InChI=1S/C10H19N/c1-10(2)4-3-7-5-9(10)8(7)6-11/h7-9H,3-6,11H2,1-2H3. The molecule has 2 N–H and O–H groups in total. The monoisotopic (exact) mass is 153 g/mol. The van der Waals surface area contributed by atoms with E-state index in [0.717, 1.165) is 24.3 Å². The molecule has 0 aromatic heterocycles. The van der Waals surface area contributed by atoms with E-state index in [-0.39, 0.29) is 0 Å². The highest BCUT2D eigenvalue weighted by molar-refractivity contribution is 5.01. The minimum absolute atomic E-state index is 0.596. The van der Waals surface area contributed by atoms with Gasteiger partial charge in [-0.15, -0.1) is 0 Å². The fraction of sp³-hybridized carbons (Fsp3) is 1.00. The van der Waals surface area contributed by atoms with Crippen LogP contribution in [-0.4, -0.2) is 6.54 Å². The molecule has 3 fully saturated rings. The van der Waals surface area contributed by atoms with Crippen molar-refractivity contribution < 1.29 is 0 Å². The summed E-state index contributed by atoms with van der Waals surface area (Å²) in [7, 11) is 0. The van der Waals surface area contributed by atoms with Crippen molar-refractivity contribution >= 4 is 0 Å². The van der Waals surface area contributed by atoms with Gasteiger partial charge in [-0.05, 0) is 49.0 Å². The van der Waals surface area contributed by atoms with Crippen molar-refractivity contribution in [2.45, 2.75) is 33.1 Å². The second-order valence-corrected chi connectivity index (χ2v) is 5.03. The van der Waals surface area contributed by atoms with E-state index in [1.165, 1.54) is 19.3 Å². The zero-order valence-electron chi connectivity index (χ0n) is 7.64. The molecular formula is C10H19N. The van der Waals surface area contributed by atoms with Gasteiger partial charge in [0.15, 0.2) is 0 Å². The average molecular weight is 153 g/mol. The third-order valence-corrected chi connectivity index (χ3v) is 4.11. The fourth-order valence-electron chi connectivity index (χ4n) is 3.14. The van der Waals surface area contributed by atoms with Crippen LogP contribution in [-0.2, 0) is 0 Å². The van der Waals surface area contributed by atoms with Gasteiger partial charge in [0.25, 0.3) is 0 Å². The number of fused-ring (bicyclic) bond motifs is 2. The minimum atomic E-state index is 0.596. The highest BCUT2D eigenvalue weighted by Crippen LogP contribution is 2.58. The lowest BCUT2D eigenvalue weighted by Gasteiger charge is -2.58. The molecule has 0 radical (unpaired) electrons. The van der Waals surface area contributed by atoms with Crippen LogP contribution in [0, 0.1) is 23.2 Å². The average Bonchev–Trinajstić information content (AvgIpc) is 1.84. The molecule has 0 heterocycles. The Hall–Kier alpha value is -0.0400. The van der Waals surface area contributed by atoms with E-state index in [0.29, 0.717) is 5.41 Å². The van der Waals surface area contributed by atoms with E-state index >= 15 is 0 Å². The molecule has 0 aromatic carbocycles. The predicted octanol–water partition coefficient (Wildman–Crippen LogP) is 2.02. The van der Waals surface area contributed by atoms with E-state index in [4.69, 9.17) is 5.73 Å². The molecule has 3 atom stereocenters. The van der Waals surface area contributed by atoms with Gasteiger partial charge in [0.2, 0.25) is 0 Å². The van der Waals surface area contributed by atoms with E-state index in [1.807, 2.05) is 0 Å². The van der Waals surface area contributed by atoms with Gasteiger partial charge in [0, 0.05) is 0 Å². The Morgan fingerprint density at radius 1 is 1.45 bits per heavy atom. The zero-order valence-corrected chi connectivity index (χ0v) is 7.64. The molecule has 1 nitrogen and oxygen atoms in total. The largest absolute Gasteiger partial charge is 0.330 e. The first kappa shape index (κ1) is 7.60. The van der Waals surface area contributed by atoms with Crippen molar-refractivity contribution in [3.63, 3.8) is 0 Å². The maximum Gasteiger partial charge on any atom is -0.00434 e. The number of nitrogens with two attached hydrogens (primary N) is 1. The van der Waals surface area contributed by atoms with Crippen molar-refractivity contribution in [2.75, 3.05) is 6.54 Å². The van der Waals surface area contributed by atoms with Gasteiger partial charge in [-0.1, -0.05) is 13.8 Å². The molecule has 3 aliphatic carbocycles. The quantitative estimate of drug-likeness (QED) is 0.612. The first-order valence-electron chi connectivity index (χ1n) is 4.85. The van der Waals surface area contributed by atoms with E-state index < -0.39 is 0 Å². The lowest BCUT2D eigenvalue weighted by molar-refractivity contribution is -0.0759.